The lowest BCUT2D eigenvalue weighted by Gasteiger charge is -2.20. The van der Waals surface area contributed by atoms with E-state index in [0.29, 0.717) is 5.11 Å². The lowest BCUT2D eigenvalue weighted by Crippen LogP contribution is -2.31. The number of nitrogens with one attached hydrogen (secondary N) is 2. The van der Waals surface area contributed by atoms with Crippen LogP contribution in [0.3, 0.4) is 0 Å². The van der Waals surface area contributed by atoms with Crippen LogP contribution in [-0.2, 0) is 0 Å². The van der Waals surface area contributed by atoms with E-state index in [-0.39, 0.29) is 6.04 Å². The SMILES string of the molecule is Cc1ccc([C@H](C)NC(=S)Nc2cc(C)ccc2C)c(C)c1. The highest BCUT2D eigenvalue weighted by atomic mass is 32.1. The maximum Gasteiger partial charge on any atom is 0.171 e. The lowest BCUT2D eigenvalue weighted by atomic mass is 10.0. The van der Waals surface area contributed by atoms with Crippen LogP contribution in [0.4, 0.5) is 5.69 Å². The zero-order valence-corrected chi connectivity index (χ0v) is 14.8. The Morgan fingerprint density at radius 2 is 1.55 bits per heavy atom. The molecule has 0 aliphatic heterocycles. The molecule has 0 radical (unpaired) electrons. The molecule has 2 N–H and O–H groups in total. The third kappa shape index (κ3) is 4.08. The van der Waals surface area contributed by atoms with Gasteiger partial charge in [-0.05, 0) is 75.2 Å². The van der Waals surface area contributed by atoms with Gasteiger partial charge < -0.3 is 10.6 Å². The summed E-state index contributed by atoms with van der Waals surface area (Å²) in [5.74, 6) is 0. The second-order valence-corrected chi connectivity index (χ2v) is 6.41. The first-order chi connectivity index (χ1) is 10.4. The fraction of sp³-hybridized carbons (Fsp3) is 0.316. The van der Waals surface area contributed by atoms with E-state index >= 15 is 0 Å². The maximum absolute atomic E-state index is 5.46. The zero-order valence-electron chi connectivity index (χ0n) is 13.9. The van der Waals surface area contributed by atoms with Gasteiger partial charge in [-0.2, -0.15) is 0 Å². The van der Waals surface area contributed by atoms with Crippen molar-refractivity contribution in [3.8, 4) is 0 Å². The van der Waals surface area contributed by atoms with Crippen molar-refractivity contribution in [2.45, 2.75) is 40.7 Å². The zero-order chi connectivity index (χ0) is 16.3. The Morgan fingerprint density at radius 3 is 2.23 bits per heavy atom. The van der Waals surface area contributed by atoms with Crippen LogP contribution in [0.5, 0.6) is 0 Å². The van der Waals surface area contributed by atoms with Gasteiger partial charge in [0.1, 0.15) is 0 Å². The van der Waals surface area contributed by atoms with Gasteiger partial charge in [0.25, 0.3) is 0 Å². The number of benzene rings is 2. The number of aryl methyl sites for hydroxylation is 4. The molecule has 2 nitrogen and oxygen atoms in total. The minimum atomic E-state index is 0.172. The second kappa shape index (κ2) is 6.93. The summed E-state index contributed by atoms with van der Waals surface area (Å²) in [6, 6.07) is 13.0. The molecule has 0 unspecified atom stereocenters. The van der Waals surface area contributed by atoms with Gasteiger partial charge in [0, 0.05) is 5.69 Å². The first-order valence-electron chi connectivity index (χ1n) is 7.58. The third-order valence-corrected chi connectivity index (χ3v) is 4.10. The van der Waals surface area contributed by atoms with E-state index in [1.165, 1.54) is 27.8 Å². The first-order valence-corrected chi connectivity index (χ1v) is 7.99. The van der Waals surface area contributed by atoms with Gasteiger partial charge >= 0.3 is 0 Å². The molecule has 0 spiro atoms. The summed E-state index contributed by atoms with van der Waals surface area (Å²) < 4.78 is 0. The molecule has 0 aliphatic rings. The van der Waals surface area contributed by atoms with Crippen LogP contribution in [0.15, 0.2) is 36.4 Å². The highest BCUT2D eigenvalue weighted by Crippen LogP contribution is 2.20. The smallest absolute Gasteiger partial charge is 0.171 e. The molecule has 2 aromatic rings. The summed E-state index contributed by atoms with van der Waals surface area (Å²) in [4.78, 5) is 0. The number of anilines is 1. The molecule has 22 heavy (non-hydrogen) atoms. The summed E-state index contributed by atoms with van der Waals surface area (Å²) in [5, 5.41) is 7.33. The van der Waals surface area contributed by atoms with Gasteiger partial charge in [-0.1, -0.05) is 35.9 Å². The van der Waals surface area contributed by atoms with E-state index in [9.17, 15) is 0 Å². The monoisotopic (exact) mass is 312 g/mol. The van der Waals surface area contributed by atoms with Crippen molar-refractivity contribution >= 4 is 23.0 Å². The molecule has 2 aromatic carbocycles. The molecule has 2 rings (SSSR count). The van der Waals surface area contributed by atoms with E-state index in [2.05, 4.69) is 81.7 Å². The minimum absolute atomic E-state index is 0.172. The van der Waals surface area contributed by atoms with Gasteiger partial charge in [0.2, 0.25) is 0 Å². The van der Waals surface area contributed by atoms with Crippen LogP contribution in [0.2, 0.25) is 0 Å². The van der Waals surface area contributed by atoms with Crippen LogP contribution >= 0.6 is 12.2 Å². The number of rotatable bonds is 3. The van der Waals surface area contributed by atoms with E-state index in [1.807, 2.05) is 0 Å². The average molecular weight is 312 g/mol. The minimum Gasteiger partial charge on any atom is -0.356 e. The summed E-state index contributed by atoms with van der Waals surface area (Å²) in [6.45, 7) is 10.6. The lowest BCUT2D eigenvalue weighted by molar-refractivity contribution is 0.717. The summed E-state index contributed by atoms with van der Waals surface area (Å²) >= 11 is 5.46. The summed E-state index contributed by atoms with van der Waals surface area (Å²) in [5.41, 5.74) is 7.31. The van der Waals surface area contributed by atoms with Crippen molar-refractivity contribution in [1.29, 1.82) is 0 Å². The highest BCUT2D eigenvalue weighted by Gasteiger charge is 2.10. The van der Waals surface area contributed by atoms with Gasteiger partial charge in [-0.3, -0.25) is 0 Å². The molecular formula is C19H24N2S. The van der Waals surface area contributed by atoms with Gasteiger partial charge in [0.15, 0.2) is 5.11 Å². The molecule has 0 heterocycles. The van der Waals surface area contributed by atoms with E-state index in [4.69, 9.17) is 12.2 Å². The largest absolute Gasteiger partial charge is 0.356 e. The van der Waals surface area contributed by atoms with Crippen LogP contribution in [-0.4, -0.2) is 5.11 Å². The molecule has 0 saturated heterocycles. The van der Waals surface area contributed by atoms with Gasteiger partial charge in [-0.15, -0.1) is 0 Å². The second-order valence-electron chi connectivity index (χ2n) is 6.00. The Hall–Kier alpha value is -1.87. The average Bonchev–Trinajstić information content (AvgIpc) is 2.42. The third-order valence-electron chi connectivity index (χ3n) is 3.88. The van der Waals surface area contributed by atoms with Crippen molar-refractivity contribution in [2.75, 3.05) is 5.32 Å². The number of hydrogen-bond acceptors (Lipinski definition) is 1. The van der Waals surface area contributed by atoms with Crippen LogP contribution in [0.25, 0.3) is 0 Å². The Bertz CT molecular complexity index is 692. The van der Waals surface area contributed by atoms with E-state index in [1.54, 1.807) is 0 Å². The van der Waals surface area contributed by atoms with E-state index < -0.39 is 0 Å². The quantitative estimate of drug-likeness (QED) is 0.783. The van der Waals surface area contributed by atoms with Crippen molar-refractivity contribution < 1.29 is 0 Å². The standard InChI is InChI=1S/C19H24N2S/c1-12-7-9-17(15(4)10-12)16(5)20-19(22)21-18-11-13(2)6-8-14(18)3/h6-11,16H,1-5H3,(H2,20,21,22)/t16-/m0/s1. The van der Waals surface area contributed by atoms with Crippen LogP contribution in [0.1, 0.15) is 40.8 Å². The molecule has 0 aromatic heterocycles. The predicted molar refractivity (Wildman–Crippen MR) is 99.6 cm³/mol. The van der Waals surface area contributed by atoms with Crippen LogP contribution in [0, 0.1) is 27.7 Å². The van der Waals surface area contributed by atoms with Crippen molar-refractivity contribution in [3.63, 3.8) is 0 Å². The number of thiocarbonyl (C=S) groups is 1. The molecule has 3 heteroatoms. The molecule has 0 bridgehead atoms. The molecular weight excluding hydrogens is 288 g/mol. The molecule has 0 amide bonds. The van der Waals surface area contributed by atoms with Crippen LogP contribution < -0.4 is 10.6 Å². The Labute approximate surface area is 139 Å². The topological polar surface area (TPSA) is 24.1 Å². The Kier molecular flexibility index (Phi) is 5.19. The highest BCUT2D eigenvalue weighted by molar-refractivity contribution is 7.80. The molecule has 0 aliphatic carbocycles. The molecule has 1 atom stereocenters. The van der Waals surface area contributed by atoms with E-state index in [0.717, 1.165) is 5.69 Å². The van der Waals surface area contributed by atoms with Gasteiger partial charge in [0.05, 0.1) is 6.04 Å². The molecule has 116 valence electrons. The Balaban J connectivity index is 2.06. The Morgan fingerprint density at radius 1 is 0.909 bits per heavy atom. The van der Waals surface area contributed by atoms with Crippen molar-refractivity contribution in [3.05, 3.63) is 64.2 Å². The summed E-state index contributed by atoms with van der Waals surface area (Å²) in [6.07, 6.45) is 0. The fourth-order valence-corrected chi connectivity index (χ4v) is 2.90. The van der Waals surface area contributed by atoms with Gasteiger partial charge in [-0.25, -0.2) is 0 Å². The van der Waals surface area contributed by atoms with Crippen molar-refractivity contribution in [2.24, 2.45) is 0 Å². The summed E-state index contributed by atoms with van der Waals surface area (Å²) in [7, 11) is 0. The molecule has 0 fully saturated rings. The number of hydrogen-bond donors (Lipinski definition) is 2. The maximum atomic E-state index is 5.46. The van der Waals surface area contributed by atoms with Crippen molar-refractivity contribution in [1.82, 2.24) is 5.32 Å². The fourth-order valence-electron chi connectivity index (χ4n) is 2.61. The predicted octanol–water partition coefficient (Wildman–Crippen LogP) is 4.97. The normalized spacial score (nSPS) is 11.9. The molecule has 0 saturated carbocycles. The first kappa shape index (κ1) is 16.5.